The Bertz CT molecular complexity index is 118. The molecule has 11 heavy (non-hydrogen) atoms. The van der Waals surface area contributed by atoms with E-state index in [2.05, 4.69) is 0 Å². The lowest BCUT2D eigenvalue weighted by atomic mass is 10.1. The Kier molecular flexibility index (Phi) is 3.15. The van der Waals surface area contributed by atoms with E-state index >= 15 is 0 Å². The summed E-state index contributed by atoms with van der Waals surface area (Å²) in [6.07, 6.45) is -4.32. The van der Waals surface area contributed by atoms with Gasteiger partial charge in [0.05, 0.1) is 12.2 Å². The van der Waals surface area contributed by atoms with Crippen molar-refractivity contribution in [1.82, 2.24) is 0 Å². The van der Waals surface area contributed by atoms with Gasteiger partial charge in [-0.2, -0.15) is 11.8 Å². The summed E-state index contributed by atoms with van der Waals surface area (Å²) in [6.45, 7) is 0. The maximum absolute atomic E-state index is 9.12. The molecule has 0 amide bonds. The molecule has 0 spiro atoms. The highest BCUT2D eigenvalue weighted by molar-refractivity contribution is 7.99. The van der Waals surface area contributed by atoms with E-state index in [0.717, 1.165) is 0 Å². The Morgan fingerprint density at radius 1 is 0.818 bits per heavy atom. The quantitative estimate of drug-likeness (QED) is 0.353. The fourth-order valence-corrected chi connectivity index (χ4v) is 1.98. The third-order valence-electron chi connectivity index (χ3n) is 1.72. The van der Waals surface area contributed by atoms with Crippen molar-refractivity contribution in [3.8, 4) is 0 Å². The van der Waals surface area contributed by atoms with Gasteiger partial charge in [-0.05, 0) is 0 Å². The van der Waals surface area contributed by atoms with E-state index in [4.69, 9.17) is 20.4 Å². The molecule has 1 saturated heterocycles. The predicted molar refractivity (Wildman–Crippen MR) is 41.4 cm³/mol. The SMILES string of the molecule is O[C@H]1[C@H](O)[C@H](O)CSC[C@H]1O. The molecule has 5 heteroatoms. The smallest absolute Gasteiger partial charge is 0.109 e. The highest BCUT2D eigenvalue weighted by atomic mass is 32.2. The number of aliphatic hydroxyl groups is 4. The van der Waals surface area contributed by atoms with Crippen LogP contribution in [0.15, 0.2) is 0 Å². The van der Waals surface area contributed by atoms with Crippen molar-refractivity contribution in [2.24, 2.45) is 0 Å². The highest BCUT2D eigenvalue weighted by Crippen LogP contribution is 2.18. The third kappa shape index (κ3) is 2.07. The normalized spacial score (nSPS) is 46.9. The average molecular weight is 180 g/mol. The molecule has 0 saturated carbocycles. The lowest BCUT2D eigenvalue weighted by Crippen LogP contribution is -2.43. The molecular formula is C6H12O4S. The number of hydrogen-bond acceptors (Lipinski definition) is 5. The molecule has 1 aliphatic rings. The minimum Gasteiger partial charge on any atom is -0.389 e. The minimum absolute atomic E-state index is 0.356. The third-order valence-corrected chi connectivity index (χ3v) is 2.87. The second-order valence-electron chi connectivity index (χ2n) is 2.65. The number of rotatable bonds is 0. The summed E-state index contributed by atoms with van der Waals surface area (Å²) in [5.41, 5.74) is 0. The van der Waals surface area contributed by atoms with Crippen LogP contribution in [0.4, 0.5) is 0 Å². The Balaban J connectivity index is 2.58. The molecule has 4 atom stereocenters. The molecule has 0 bridgehead atoms. The lowest BCUT2D eigenvalue weighted by Gasteiger charge is -2.21. The van der Waals surface area contributed by atoms with Gasteiger partial charge in [0, 0.05) is 11.5 Å². The Labute approximate surface area is 68.9 Å². The van der Waals surface area contributed by atoms with E-state index in [9.17, 15) is 0 Å². The van der Waals surface area contributed by atoms with Gasteiger partial charge in [-0.25, -0.2) is 0 Å². The van der Waals surface area contributed by atoms with Crippen molar-refractivity contribution in [2.75, 3.05) is 11.5 Å². The molecule has 1 rings (SSSR count). The van der Waals surface area contributed by atoms with Gasteiger partial charge in [0.15, 0.2) is 0 Å². The van der Waals surface area contributed by atoms with Crippen LogP contribution < -0.4 is 0 Å². The van der Waals surface area contributed by atoms with Crippen molar-refractivity contribution >= 4 is 11.8 Å². The standard InChI is InChI=1S/C6H12O4S/c7-3-1-11-2-4(8)6(10)5(3)9/h3-10H,1-2H2/t3-,4-,5-,6-/m1/s1. The largest absolute Gasteiger partial charge is 0.389 e. The van der Waals surface area contributed by atoms with Crippen molar-refractivity contribution in [3.05, 3.63) is 0 Å². The summed E-state index contributed by atoms with van der Waals surface area (Å²) in [6, 6.07) is 0. The van der Waals surface area contributed by atoms with E-state index in [0.29, 0.717) is 11.5 Å². The first-order chi connectivity index (χ1) is 5.13. The molecule has 0 aromatic carbocycles. The molecule has 1 aliphatic heterocycles. The fraction of sp³-hybridized carbons (Fsp3) is 1.00. The number of hydrogen-bond donors (Lipinski definition) is 4. The van der Waals surface area contributed by atoms with Crippen LogP contribution in [0.1, 0.15) is 0 Å². The predicted octanol–water partition coefficient (Wildman–Crippen LogP) is -1.82. The number of aliphatic hydroxyl groups excluding tert-OH is 4. The van der Waals surface area contributed by atoms with Crippen LogP contribution in [0.2, 0.25) is 0 Å². The summed E-state index contributed by atoms with van der Waals surface area (Å²) >= 11 is 1.32. The summed E-state index contributed by atoms with van der Waals surface area (Å²) in [4.78, 5) is 0. The van der Waals surface area contributed by atoms with Gasteiger partial charge in [-0.3, -0.25) is 0 Å². The summed E-state index contributed by atoms with van der Waals surface area (Å²) in [7, 11) is 0. The summed E-state index contributed by atoms with van der Waals surface area (Å²) in [5.74, 6) is 0.713. The van der Waals surface area contributed by atoms with Crippen LogP contribution in [0.5, 0.6) is 0 Å². The molecule has 0 radical (unpaired) electrons. The molecule has 1 fully saturated rings. The topological polar surface area (TPSA) is 80.9 Å². The van der Waals surface area contributed by atoms with Crippen molar-refractivity contribution in [3.63, 3.8) is 0 Å². The maximum atomic E-state index is 9.12. The Morgan fingerprint density at radius 3 is 1.55 bits per heavy atom. The van der Waals surface area contributed by atoms with Crippen molar-refractivity contribution in [1.29, 1.82) is 0 Å². The number of thioether (sulfide) groups is 1. The zero-order valence-electron chi connectivity index (χ0n) is 5.92. The fourth-order valence-electron chi connectivity index (χ4n) is 0.962. The zero-order chi connectivity index (χ0) is 8.43. The van der Waals surface area contributed by atoms with Crippen LogP contribution >= 0.6 is 11.8 Å². The molecule has 66 valence electrons. The monoisotopic (exact) mass is 180 g/mol. The summed E-state index contributed by atoms with van der Waals surface area (Å²) < 4.78 is 0. The van der Waals surface area contributed by atoms with Gasteiger partial charge < -0.3 is 20.4 Å². The van der Waals surface area contributed by atoms with Crippen LogP contribution in [0.3, 0.4) is 0 Å². The van der Waals surface area contributed by atoms with E-state index < -0.39 is 24.4 Å². The maximum Gasteiger partial charge on any atom is 0.109 e. The summed E-state index contributed by atoms with van der Waals surface area (Å²) in [5, 5.41) is 36.5. The first-order valence-corrected chi connectivity index (χ1v) is 4.58. The van der Waals surface area contributed by atoms with Gasteiger partial charge >= 0.3 is 0 Å². The van der Waals surface area contributed by atoms with E-state index in [1.165, 1.54) is 11.8 Å². The van der Waals surface area contributed by atoms with Crippen LogP contribution in [0, 0.1) is 0 Å². The highest BCUT2D eigenvalue weighted by Gasteiger charge is 2.33. The first-order valence-electron chi connectivity index (χ1n) is 3.43. The lowest BCUT2D eigenvalue weighted by molar-refractivity contribution is -0.0894. The second-order valence-corrected chi connectivity index (χ2v) is 3.73. The molecule has 4 nitrogen and oxygen atoms in total. The van der Waals surface area contributed by atoms with Crippen LogP contribution in [-0.2, 0) is 0 Å². The van der Waals surface area contributed by atoms with Gasteiger partial charge in [0.2, 0.25) is 0 Å². The molecule has 0 aromatic rings. The average Bonchev–Trinajstić information content (AvgIpc) is 2.07. The van der Waals surface area contributed by atoms with Gasteiger partial charge in [-0.15, -0.1) is 0 Å². The van der Waals surface area contributed by atoms with Gasteiger partial charge in [-0.1, -0.05) is 0 Å². The molecular weight excluding hydrogens is 168 g/mol. The zero-order valence-corrected chi connectivity index (χ0v) is 6.74. The molecule has 0 unspecified atom stereocenters. The minimum atomic E-state index is -1.22. The molecule has 4 N–H and O–H groups in total. The Morgan fingerprint density at radius 2 is 1.18 bits per heavy atom. The molecule has 1 heterocycles. The van der Waals surface area contributed by atoms with Crippen molar-refractivity contribution in [2.45, 2.75) is 24.4 Å². The van der Waals surface area contributed by atoms with E-state index in [1.54, 1.807) is 0 Å². The molecule has 0 aromatic heterocycles. The van der Waals surface area contributed by atoms with Gasteiger partial charge in [0.25, 0.3) is 0 Å². The first kappa shape index (κ1) is 9.28. The van der Waals surface area contributed by atoms with Crippen LogP contribution in [0.25, 0.3) is 0 Å². The molecule has 0 aliphatic carbocycles. The second kappa shape index (κ2) is 3.73. The van der Waals surface area contributed by atoms with E-state index in [1.807, 2.05) is 0 Å². The van der Waals surface area contributed by atoms with Crippen molar-refractivity contribution < 1.29 is 20.4 Å². The van der Waals surface area contributed by atoms with Gasteiger partial charge in [0.1, 0.15) is 12.2 Å². The Hall–Kier alpha value is 0.190. The van der Waals surface area contributed by atoms with E-state index in [-0.39, 0.29) is 0 Å². The van der Waals surface area contributed by atoms with Crippen LogP contribution in [-0.4, -0.2) is 56.3 Å².